The molecule has 0 bridgehead atoms. The number of rotatable bonds is 3. The Morgan fingerprint density at radius 3 is 1.89 bits per heavy atom. The second-order valence-corrected chi connectivity index (χ2v) is 11.6. The monoisotopic (exact) mass is 728 g/mol. The van der Waals surface area contributed by atoms with E-state index in [0.717, 1.165) is 34.1 Å². The Hall–Kier alpha value is -5.35. The van der Waals surface area contributed by atoms with Gasteiger partial charge in [0.2, 0.25) is 0 Å². The molecule has 47 heavy (non-hydrogen) atoms. The van der Waals surface area contributed by atoms with Crippen LogP contribution in [0, 0.1) is 22.7 Å². The molecule has 2 aliphatic rings. The van der Waals surface area contributed by atoms with Crippen LogP contribution in [0.1, 0.15) is 57.3 Å². The lowest BCUT2D eigenvalue weighted by molar-refractivity contribution is 0.0518. The van der Waals surface area contributed by atoms with E-state index in [9.17, 15) is 15.3 Å². The molecule has 0 amide bonds. The van der Waals surface area contributed by atoms with Crippen molar-refractivity contribution in [1.29, 1.82) is 10.5 Å². The van der Waals surface area contributed by atoms with E-state index in [0.29, 0.717) is 44.6 Å². The lowest BCUT2D eigenvalue weighted by Crippen LogP contribution is -2.10. The first-order valence-corrected chi connectivity index (χ1v) is 15.9. The molecule has 6 heterocycles. The number of imidazole rings is 2. The van der Waals surface area contributed by atoms with Gasteiger partial charge in [0.25, 0.3) is 0 Å². The number of nitrogens with zero attached hydrogens (tertiary/aromatic N) is 12. The third-order valence-electron chi connectivity index (χ3n) is 7.67. The van der Waals surface area contributed by atoms with E-state index in [1.54, 1.807) is 45.6 Å². The molecular weight excluding hydrogens is 711 g/mol. The number of alkyl halides is 1. The molecule has 0 atom stereocenters. The van der Waals surface area contributed by atoms with Gasteiger partial charge < -0.3 is 4.74 Å². The number of fused-ring (bicyclic) bond motifs is 10. The summed E-state index contributed by atoms with van der Waals surface area (Å²) in [4.78, 5) is 20.6. The minimum absolute atomic E-state index is 0.117. The third-order valence-corrected chi connectivity index (χ3v) is 8.67. The molecule has 2 aromatic carbocycles. The molecule has 17 heteroatoms. The lowest BCUT2D eigenvalue weighted by atomic mass is 10.1. The number of benzene rings is 2. The molecular formula is C30H19BrCl2N12O2. The Labute approximate surface area is 284 Å². The second kappa shape index (κ2) is 12.1. The molecule has 0 unspecified atom stereocenters. The average molecular weight is 730 g/mol. The molecule has 0 saturated heterocycles. The van der Waals surface area contributed by atoms with E-state index in [2.05, 4.69) is 58.7 Å². The van der Waals surface area contributed by atoms with Crippen molar-refractivity contribution in [2.75, 3.05) is 6.61 Å². The fraction of sp³-hybridized carbons (Fsp3) is 0.167. The summed E-state index contributed by atoms with van der Waals surface area (Å²) in [6.07, 6.45) is 4.03. The lowest BCUT2D eigenvalue weighted by Gasteiger charge is -2.09. The molecule has 0 spiro atoms. The SMILES string of the molecule is CCOC(=O)c1nnn2c1Cc1c(C#N)ncn1-c1ccc(Cl)cc1-2.N#Cc1ncn2c1Cc1c(CBr)nnn1-c1cc(Cl)ccc1-2. The van der Waals surface area contributed by atoms with Crippen LogP contribution in [-0.4, -0.2) is 61.7 Å². The van der Waals surface area contributed by atoms with Crippen molar-refractivity contribution >= 4 is 45.1 Å². The summed E-state index contributed by atoms with van der Waals surface area (Å²) in [5, 5.41) is 36.9. The van der Waals surface area contributed by atoms with Gasteiger partial charge in [0.05, 0.1) is 57.8 Å². The third kappa shape index (κ3) is 5.05. The van der Waals surface area contributed by atoms with Crippen LogP contribution in [0.2, 0.25) is 10.0 Å². The number of aromatic nitrogens is 10. The van der Waals surface area contributed by atoms with Crippen molar-refractivity contribution in [3.05, 3.63) is 105 Å². The number of hydrogen-bond donors (Lipinski definition) is 0. The number of esters is 1. The number of nitriles is 2. The molecule has 4 aromatic heterocycles. The zero-order chi connectivity index (χ0) is 32.8. The Morgan fingerprint density at radius 1 is 0.830 bits per heavy atom. The van der Waals surface area contributed by atoms with Crippen LogP contribution in [-0.2, 0) is 22.9 Å². The van der Waals surface area contributed by atoms with Gasteiger partial charge in [-0.2, -0.15) is 10.5 Å². The normalized spacial score (nSPS) is 11.9. The maximum Gasteiger partial charge on any atom is 0.360 e. The predicted molar refractivity (Wildman–Crippen MR) is 171 cm³/mol. The maximum absolute atomic E-state index is 12.2. The van der Waals surface area contributed by atoms with Crippen molar-refractivity contribution in [2.24, 2.45) is 0 Å². The van der Waals surface area contributed by atoms with Crippen molar-refractivity contribution in [3.8, 4) is 34.9 Å². The number of carbonyl (C=O) groups excluding carboxylic acids is 1. The largest absolute Gasteiger partial charge is 0.461 e. The Bertz CT molecular complexity index is 2310. The van der Waals surface area contributed by atoms with Gasteiger partial charge in [-0.05, 0) is 43.3 Å². The molecule has 0 N–H and O–H groups in total. The highest BCUT2D eigenvalue weighted by Crippen LogP contribution is 2.33. The number of halogens is 3. The van der Waals surface area contributed by atoms with E-state index in [-0.39, 0.29) is 24.4 Å². The first kappa shape index (κ1) is 30.3. The molecule has 0 saturated carbocycles. The minimum Gasteiger partial charge on any atom is -0.461 e. The highest BCUT2D eigenvalue weighted by atomic mass is 79.9. The summed E-state index contributed by atoms with van der Waals surface area (Å²) in [6, 6.07) is 15.0. The van der Waals surface area contributed by atoms with Gasteiger partial charge in [-0.15, -0.1) is 10.2 Å². The van der Waals surface area contributed by atoms with Gasteiger partial charge in [-0.25, -0.2) is 24.1 Å². The van der Waals surface area contributed by atoms with Gasteiger partial charge >= 0.3 is 5.97 Å². The van der Waals surface area contributed by atoms with E-state index in [1.807, 2.05) is 28.8 Å². The Morgan fingerprint density at radius 2 is 1.36 bits per heavy atom. The van der Waals surface area contributed by atoms with Crippen LogP contribution in [0.3, 0.4) is 0 Å². The van der Waals surface area contributed by atoms with Gasteiger partial charge in [-0.3, -0.25) is 9.13 Å². The first-order chi connectivity index (χ1) is 22.9. The van der Waals surface area contributed by atoms with Gasteiger partial charge in [-0.1, -0.05) is 49.6 Å². The zero-order valence-electron chi connectivity index (χ0n) is 24.3. The van der Waals surface area contributed by atoms with Crippen LogP contribution in [0.5, 0.6) is 0 Å². The maximum atomic E-state index is 12.2. The average Bonchev–Trinajstić information content (AvgIpc) is 3.85. The molecule has 0 radical (unpaired) electrons. The fourth-order valence-corrected chi connectivity index (χ4v) is 6.33. The Kier molecular flexibility index (Phi) is 7.81. The van der Waals surface area contributed by atoms with Crippen LogP contribution in [0.25, 0.3) is 22.7 Å². The summed E-state index contributed by atoms with van der Waals surface area (Å²) in [5.41, 5.74) is 7.66. The summed E-state index contributed by atoms with van der Waals surface area (Å²) in [5.74, 6) is -0.557. The fourth-order valence-electron chi connectivity index (χ4n) is 5.56. The molecule has 8 rings (SSSR count). The Balaban J connectivity index is 0.000000151. The summed E-state index contributed by atoms with van der Waals surface area (Å²) >= 11 is 15.7. The van der Waals surface area contributed by atoms with Crippen LogP contribution < -0.4 is 0 Å². The molecule has 2 aliphatic heterocycles. The molecule has 0 aliphatic carbocycles. The van der Waals surface area contributed by atoms with Gasteiger partial charge in [0.1, 0.15) is 24.8 Å². The number of hydrogen-bond acceptors (Lipinski definition) is 10. The van der Waals surface area contributed by atoms with Crippen LogP contribution in [0.4, 0.5) is 0 Å². The smallest absolute Gasteiger partial charge is 0.360 e. The van der Waals surface area contributed by atoms with Crippen molar-refractivity contribution < 1.29 is 9.53 Å². The number of ether oxygens (including phenoxy) is 1. The first-order valence-electron chi connectivity index (χ1n) is 14.0. The summed E-state index contributed by atoms with van der Waals surface area (Å²) in [6.45, 7) is 1.95. The quantitative estimate of drug-likeness (QED) is 0.181. The highest BCUT2D eigenvalue weighted by Gasteiger charge is 2.30. The highest BCUT2D eigenvalue weighted by molar-refractivity contribution is 9.08. The van der Waals surface area contributed by atoms with Crippen LogP contribution >= 0.6 is 39.1 Å². The molecule has 232 valence electrons. The topological polar surface area (TPSA) is 171 Å². The van der Waals surface area contributed by atoms with Crippen molar-refractivity contribution in [2.45, 2.75) is 25.1 Å². The van der Waals surface area contributed by atoms with Crippen molar-refractivity contribution in [1.82, 2.24) is 49.1 Å². The standard InChI is InChI=1S/C16H11ClN6O2.C14H8BrClN6/c1-2-25-16(24)15-14-6-12-10(7-18)19-8-22(12)11-4-3-9(17)5-13(11)23(14)21-20-15;15-5-9-13-4-12-10(6-17)18-7-21(12)11-2-1-8(16)3-14(11)22(13)20-19-9/h3-5,8H,2,6H2,1H3;1-3,7H,4-5H2. The van der Waals surface area contributed by atoms with E-state index >= 15 is 0 Å². The van der Waals surface area contributed by atoms with E-state index in [1.165, 1.54) is 0 Å². The predicted octanol–water partition coefficient (Wildman–Crippen LogP) is 4.84. The number of carbonyl (C=O) groups is 1. The molecule has 0 fully saturated rings. The second-order valence-electron chi connectivity index (χ2n) is 10.2. The van der Waals surface area contributed by atoms with Crippen molar-refractivity contribution in [3.63, 3.8) is 0 Å². The van der Waals surface area contributed by atoms with Crippen LogP contribution in [0.15, 0.2) is 49.1 Å². The van der Waals surface area contributed by atoms with Gasteiger partial charge in [0, 0.05) is 28.2 Å². The molecule has 14 nitrogen and oxygen atoms in total. The van der Waals surface area contributed by atoms with E-state index in [4.69, 9.17) is 27.9 Å². The zero-order valence-corrected chi connectivity index (χ0v) is 27.4. The minimum atomic E-state index is -0.557. The van der Waals surface area contributed by atoms with Gasteiger partial charge in [0.15, 0.2) is 17.1 Å². The summed E-state index contributed by atoms with van der Waals surface area (Å²) < 4.78 is 12.1. The summed E-state index contributed by atoms with van der Waals surface area (Å²) in [7, 11) is 0. The van der Waals surface area contributed by atoms with E-state index < -0.39 is 5.97 Å². The molecule has 6 aromatic rings.